The van der Waals surface area contributed by atoms with E-state index in [1.165, 1.54) is 19.2 Å². The molecule has 0 amide bonds. The number of benzene rings is 2. The summed E-state index contributed by atoms with van der Waals surface area (Å²) in [6, 6.07) is 11.7. The summed E-state index contributed by atoms with van der Waals surface area (Å²) in [5, 5.41) is 3.90. The molecule has 2 rings (SSSR count). The van der Waals surface area contributed by atoms with Gasteiger partial charge in [0.05, 0.1) is 41.2 Å². The van der Waals surface area contributed by atoms with Crippen molar-refractivity contribution in [2.24, 2.45) is 8.36 Å². The Bertz CT molecular complexity index is 911. The fraction of sp³-hybridized carbons (Fsp3) is 0.211. The third-order valence-electron chi connectivity index (χ3n) is 3.76. The normalized spacial score (nSPS) is 12.6. The number of hydrogen-bond acceptors (Lipinski definition) is 5. The van der Waals surface area contributed by atoms with Gasteiger partial charge in [-0.05, 0) is 24.6 Å². The number of ether oxygens (including phenoxy) is 1. The Kier molecular flexibility index (Phi) is 7.55. The standard InChI is InChI=1S/C19H16F3IN2O3/c1-12(13-7-5-8-15(10-13)19(20,21)22)25-28-11-14-6-3-4-9-16(14)17(24-23)18(26)27-2/h3-10H,11H2,1-2H3/b24-17?,25-12+. The maximum atomic E-state index is 12.8. The summed E-state index contributed by atoms with van der Waals surface area (Å²) in [5.74, 6) is -0.592. The smallest absolute Gasteiger partial charge is 0.416 e. The van der Waals surface area contributed by atoms with Crippen LogP contribution in [0.5, 0.6) is 0 Å². The Labute approximate surface area is 173 Å². The van der Waals surface area contributed by atoms with Crippen LogP contribution in [0.15, 0.2) is 56.9 Å². The van der Waals surface area contributed by atoms with Crippen LogP contribution in [0.3, 0.4) is 0 Å². The highest BCUT2D eigenvalue weighted by atomic mass is 127. The van der Waals surface area contributed by atoms with Gasteiger partial charge in [0.15, 0.2) is 5.71 Å². The lowest BCUT2D eigenvalue weighted by atomic mass is 10.0. The number of rotatable bonds is 6. The molecule has 5 nitrogen and oxygen atoms in total. The van der Waals surface area contributed by atoms with Crippen molar-refractivity contribution in [3.63, 3.8) is 0 Å². The molecular weight excluding hydrogens is 488 g/mol. The number of esters is 1. The van der Waals surface area contributed by atoms with Crippen molar-refractivity contribution < 1.29 is 27.5 Å². The van der Waals surface area contributed by atoms with Gasteiger partial charge in [0, 0.05) is 11.1 Å². The molecule has 0 aliphatic carbocycles. The zero-order chi connectivity index (χ0) is 20.7. The van der Waals surface area contributed by atoms with Gasteiger partial charge in [0.2, 0.25) is 0 Å². The highest BCUT2D eigenvalue weighted by Gasteiger charge is 2.30. The van der Waals surface area contributed by atoms with Crippen LogP contribution in [0.25, 0.3) is 0 Å². The molecule has 9 heteroatoms. The molecule has 0 spiro atoms. The summed E-state index contributed by atoms with van der Waals surface area (Å²) in [6.07, 6.45) is -4.43. The predicted molar refractivity (Wildman–Crippen MR) is 107 cm³/mol. The number of hydrogen-bond donors (Lipinski definition) is 0. The van der Waals surface area contributed by atoms with Crippen molar-refractivity contribution in [3.8, 4) is 0 Å². The van der Waals surface area contributed by atoms with Crippen LogP contribution in [-0.4, -0.2) is 24.5 Å². The lowest BCUT2D eigenvalue weighted by molar-refractivity contribution is -0.137. The Morgan fingerprint density at radius 1 is 1.14 bits per heavy atom. The lowest BCUT2D eigenvalue weighted by Gasteiger charge is -2.10. The van der Waals surface area contributed by atoms with Gasteiger partial charge in [-0.15, -0.1) is 0 Å². The largest absolute Gasteiger partial charge is 0.464 e. The number of nitrogens with zero attached hydrogens (tertiary/aromatic N) is 2. The molecule has 0 radical (unpaired) electrons. The van der Waals surface area contributed by atoms with Gasteiger partial charge in [-0.1, -0.05) is 41.6 Å². The maximum Gasteiger partial charge on any atom is 0.416 e. The van der Waals surface area contributed by atoms with Crippen molar-refractivity contribution >= 4 is 40.3 Å². The Balaban J connectivity index is 2.18. The second kappa shape index (κ2) is 9.67. The van der Waals surface area contributed by atoms with E-state index in [2.05, 4.69) is 8.36 Å². The van der Waals surface area contributed by atoms with Gasteiger partial charge in [-0.3, -0.25) is 0 Å². The summed E-state index contributed by atoms with van der Waals surface area (Å²) in [7, 11) is 1.26. The maximum absolute atomic E-state index is 12.8. The Hall–Kier alpha value is -2.43. The first-order valence-corrected chi connectivity index (χ1v) is 8.94. The molecule has 0 heterocycles. The van der Waals surface area contributed by atoms with Crippen LogP contribution >= 0.6 is 22.9 Å². The van der Waals surface area contributed by atoms with Crippen LogP contribution < -0.4 is 0 Å². The zero-order valence-electron chi connectivity index (χ0n) is 15.0. The second-order valence-corrected chi connectivity index (χ2v) is 6.09. The number of methoxy groups -OCH3 is 1. The van der Waals surface area contributed by atoms with Crippen LogP contribution in [0, 0.1) is 0 Å². The van der Waals surface area contributed by atoms with E-state index in [0.29, 0.717) is 22.4 Å². The van der Waals surface area contributed by atoms with Gasteiger partial charge in [-0.2, -0.15) is 13.2 Å². The average molecular weight is 504 g/mol. The molecule has 2 aromatic rings. The summed E-state index contributed by atoms with van der Waals surface area (Å²) in [5.41, 5.74) is 1.11. The lowest BCUT2D eigenvalue weighted by Crippen LogP contribution is -2.18. The highest BCUT2D eigenvalue weighted by Crippen LogP contribution is 2.29. The molecule has 0 atom stereocenters. The van der Waals surface area contributed by atoms with Gasteiger partial charge in [0.25, 0.3) is 0 Å². The minimum Gasteiger partial charge on any atom is -0.464 e. The number of alkyl halides is 3. The molecular formula is C19H16F3IN2O3. The SMILES string of the molecule is COC(=O)C(=NI)c1ccccc1CO/N=C(\C)c1cccc(C(F)(F)F)c1. The fourth-order valence-electron chi connectivity index (χ4n) is 2.34. The summed E-state index contributed by atoms with van der Waals surface area (Å²) in [6.45, 7) is 1.55. The molecule has 148 valence electrons. The first-order valence-electron chi connectivity index (χ1n) is 7.97. The molecule has 0 bridgehead atoms. The predicted octanol–water partition coefficient (Wildman–Crippen LogP) is 4.96. The molecule has 2 aromatic carbocycles. The van der Waals surface area contributed by atoms with Crippen molar-refractivity contribution in [1.29, 1.82) is 0 Å². The van der Waals surface area contributed by atoms with E-state index in [9.17, 15) is 18.0 Å². The van der Waals surface area contributed by atoms with E-state index < -0.39 is 17.7 Å². The first kappa shape index (κ1) is 21.9. The minimum absolute atomic E-state index is 0.000864. The molecule has 28 heavy (non-hydrogen) atoms. The van der Waals surface area contributed by atoms with E-state index in [1.807, 2.05) is 0 Å². The first-order chi connectivity index (χ1) is 13.3. The minimum atomic E-state index is -4.43. The van der Waals surface area contributed by atoms with E-state index in [4.69, 9.17) is 9.57 Å². The van der Waals surface area contributed by atoms with E-state index in [-0.39, 0.29) is 12.3 Å². The van der Waals surface area contributed by atoms with Gasteiger partial charge in [0.1, 0.15) is 6.61 Å². The van der Waals surface area contributed by atoms with Gasteiger partial charge >= 0.3 is 12.1 Å². The molecule has 0 N–H and O–H groups in total. The third-order valence-corrected chi connectivity index (χ3v) is 4.25. The number of carbonyl (C=O) groups excluding carboxylic acids is 1. The van der Waals surface area contributed by atoms with Crippen LogP contribution in [-0.2, 0) is 27.2 Å². The average Bonchev–Trinajstić information content (AvgIpc) is 2.68. The van der Waals surface area contributed by atoms with Crippen molar-refractivity contribution in [2.75, 3.05) is 7.11 Å². The summed E-state index contributed by atoms with van der Waals surface area (Å²) in [4.78, 5) is 17.2. The highest BCUT2D eigenvalue weighted by molar-refractivity contribution is 14.1. The van der Waals surface area contributed by atoms with Gasteiger partial charge < -0.3 is 9.57 Å². The molecule has 0 aliphatic heterocycles. The molecule has 0 unspecified atom stereocenters. The summed E-state index contributed by atoms with van der Waals surface area (Å²) < 4.78 is 47.1. The molecule has 0 saturated carbocycles. The van der Waals surface area contributed by atoms with Crippen molar-refractivity contribution in [2.45, 2.75) is 19.7 Å². The zero-order valence-corrected chi connectivity index (χ0v) is 17.1. The Morgan fingerprint density at radius 3 is 2.50 bits per heavy atom. The molecule has 0 aromatic heterocycles. The van der Waals surface area contributed by atoms with Crippen LogP contribution in [0.2, 0.25) is 0 Å². The molecule has 0 fully saturated rings. The van der Waals surface area contributed by atoms with Crippen molar-refractivity contribution in [3.05, 3.63) is 70.8 Å². The topological polar surface area (TPSA) is 60.2 Å². The molecule has 0 aliphatic rings. The van der Waals surface area contributed by atoms with Crippen molar-refractivity contribution in [1.82, 2.24) is 0 Å². The number of oxime groups is 1. The quantitative estimate of drug-likeness (QED) is 0.242. The van der Waals surface area contributed by atoms with E-state index >= 15 is 0 Å². The van der Waals surface area contributed by atoms with Gasteiger partial charge in [-0.25, -0.2) is 8.00 Å². The van der Waals surface area contributed by atoms with Crippen LogP contribution in [0.1, 0.15) is 29.2 Å². The van der Waals surface area contributed by atoms with E-state index in [1.54, 1.807) is 54.1 Å². The number of halogens is 4. The second-order valence-electron chi connectivity index (χ2n) is 5.61. The summed E-state index contributed by atoms with van der Waals surface area (Å²) >= 11 is 1.70. The third kappa shape index (κ3) is 5.54. The fourth-order valence-corrected chi connectivity index (χ4v) is 2.79. The van der Waals surface area contributed by atoms with Crippen LogP contribution in [0.4, 0.5) is 13.2 Å². The number of carbonyl (C=O) groups is 1. The van der Waals surface area contributed by atoms with E-state index in [0.717, 1.165) is 12.1 Å². The molecule has 0 saturated heterocycles. The monoisotopic (exact) mass is 504 g/mol. The Morgan fingerprint density at radius 2 is 1.86 bits per heavy atom.